The van der Waals surface area contributed by atoms with E-state index in [0.29, 0.717) is 19.6 Å². The Labute approximate surface area is 78.7 Å². The van der Waals surface area contributed by atoms with Crippen LogP contribution < -0.4 is 5.73 Å². The number of aliphatic hydroxyl groups excluding tert-OH is 1. The van der Waals surface area contributed by atoms with Gasteiger partial charge in [0.25, 0.3) is 0 Å². The van der Waals surface area contributed by atoms with E-state index >= 15 is 0 Å². The van der Waals surface area contributed by atoms with Gasteiger partial charge in [-0.1, -0.05) is 0 Å². The van der Waals surface area contributed by atoms with Gasteiger partial charge in [0.15, 0.2) is 0 Å². The zero-order chi connectivity index (χ0) is 9.90. The van der Waals surface area contributed by atoms with Crippen LogP contribution in [-0.4, -0.2) is 42.2 Å². The Bertz CT molecular complexity index is 190. The topological polar surface area (TPSA) is 66.6 Å². The first-order valence-electron chi connectivity index (χ1n) is 4.80. The second-order valence-corrected chi connectivity index (χ2v) is 3.59. The van der Waals surface area contributed by atoms with E-state index in [1.165, 1.54) is 0 Å². The first-order chi connectivity index (χ1) is 6.20. The quantitative estimate of drug-likeness (QED) is 0.612. The Morgan fingerprint density at radius 2 is 2.23 bits per heavy atom. The molecule has 1 saturated carbocycles. The number of carbonyl (C=O) groups excluding carboxylic acids is 1. The van der Waals surface area contributed by atoms with Crippen LogP contribution in [0.4, 0.5) is 0 Å². The minimum Gasteiger partial charge on any atom is -0.395 e. The summed E-state index contributed by atoms with van der Waals surface area (Å²) in [6.07, 6.45) is 1.81. The number of nitrogens with zero attached hydrogens (tertiary/aromatic N) is 1. The Balaban J connectivity index is 2.53. The van der Waals surface area contributed by atoms with Crippen LogP contribution in [0, 0.1) is 5.41 Å². The number of amides is 1. The molecule has 4 nitrogen and oxygen atoms in total. The number of likely N-dealkylation sites (N-methyl/N-ethyl adjacent to an activating group) is 1. The fourth-order valence-corrected chi connectivity index (χ4v) is 1.52. The highest BCUT2D eigenvalue weighted by Gasteiger charge is 2.50. The molecule has 1 amide bonds. The van der Waals surface area contributed by atoms with Crippen LogP contribution in [0.25, 0.3) is 0 Å². The van der Waals surface area contributed by atoms with Crippen LogP contribution in [0.1, 0.15) is 19.8 Å². The lowest BCUT2D eigenvalue weighted by Gasteiger charge is -2.24. The average Bonchev–Trinajstić information content (AvgIpc) is 2.93. The van der Waals surface area contributed by atoms with Crippen LogP contribution in [0.15, 0.2) is 0 Å². The summed E-state index contributed by atoms with van der Waals surface area (Å²) >= 11 is 0. The zero-order valence-corrected chi connectivity index (χ0v) is 8.12. The molecule has 76 valence electrons. The first-order valence-corrected chi connectivity index (χ1v) is 4.80. The second kappa shape index (κ2) is 4.07. The van der Waals surface area contributed by atoms with E-state index < -0.39 is 0 Å². The normalized spacial score (nSPS) is 18.4. The molecule has 0 heterocycles. The zero-order valence-electron chi connectivity index (χ0n) is 8.12. The molecule has 0 unspecified atom stereocenters. The average molecular weight is 186 g/mol. The minimum absolute atomic E-state index is 0.0280. The molecule has 0 bridgehead atoms. The van der Waals surface area contributed by atoms with E-state index in [-0.39, 0.29) is 17.9 Å². The summed E-state index contributed by atoms with van der Waals surface area (Å²) in [6, 6.07) is 0. The van der Waals surface area contributed by atoms with Crippen molar-refractivity contribution in [3.63, 3.8) is 0 Å². The summed E-state index contributed by atoms with van der Waals surface area (Å²) in [5.74, 6) is 0.117. The summed E-state index contributed by atoms with van der Waals surface area (Å²) in [5.41, 5.74) is 5.28. The summed E-state index contributed by atoms with van der Waals surface area (Å²) < 4.78 is 0. The molecule has 3 N–H and O–H groups in total. The van der Waals surface area contributed by atoms with Crippen molar-refractivity contribution in [2.45, 2.75) is 19.8 Å². The Morgan fingerprint density at radius 3 is 2.54 bits per heavy atom. The number of carbonyl (C=O) groups is 1. The second-order valence-electron chi connectivity index (χ2n) is 3.59. The van der Waals surface area contributed by atoms with Gasteiger partial charge in [-0.3, -0.25) is 4.79 Å². The van der Waals surface area contributed by atoms with Crippen molar-refractivity contribution in [1.29, 1.82) is 0 Å². The smallest absolute Gasteiger partial charge is 0.230 e. The highest BCUT2D eigenvalue weighted by Crippen LogP contribution is 2.45. The van der Waals surface area contributed by atoms with Gasteiger partial charge in [0.2, 0.25) is 5.91 Å². The van der Waals surface area contributed by atoms with Crippen molar-refractivity contribution < 1.29 is 9.90 Å². The van der Waals surface area contributed by atoms with Gasteiger partial charge in [0.1, 0.15) is 0 Å². The van der Waals surface area contributed by atoms with Gasteiger partial charge < -0.3 is 15.7 Å². The molecule has 0 saturated heterocycles. The van der Waals surface area contributed by atoms with Gasteiger partial charge in [-0.05, 0) is 19.8 Å². The molecule has 4 heteroatoms. The molecule has 0 aromatic carbocycles. The Kier molecular flexibility index (Phi) is 3.27. The lowest BCUT2D eigenvalue weighted by Crippen LogP contribution is -2.41. The summed E-state index contributed by atoms with van der Waals surface area (Å²) in [6.45, 7) is 3.46. The largest absolute Gasteiger partial charge is 0.395 e. The molecule has 0 radical (unpaired) electrons. The molecule has 0 aromatic heterocycles. The summed E-state index contributed by atoms with van der Waals surface area (Å²) in [4.78, 5) is 13.5. The maximum absolute atomic E-state index is 11.8. The molecule has 13 heavy (non-hydrogen) atoms. The third-order valence-electron chi connectivity index (χ3n) is 2.74. The monoisotopic (exact) mass is 186 g/mol. The van der Waals surface area contributed by atoms with Crippen LogP contribution in [-0.2, 0) is 4.79 Å². The number of nitrogens with two attached hydrogens (primary N) is 1. The van der Waals surface area contributed by atoms with E-state index in [1.807, 2.05) is 6.92 Å². The third kappa shape index (κ3) is 2.00. The van der Waals surface area contributed by atoms with Crippen molar-refractivity contribution in [3.05, 3.63) is 0 Å². The van der Waals surface area contributed by atoms with Crippen molar-refractivity contribution in [2.24, 2.45) is 11.1 Å². The van der Waals surface area contributed by atoms with Crippen molar-refractivity contribution in [1.82, 2.24) is 4.90 Å². The highest BCUT2D eigenvalue weighted by atomic mass is 16.3. The predicted molar refractivity (Wildman–Crippen MR) is 50.1 cm³/mol. The molecule has 0 aliphatic heterocycles. The molecular formula is C9H18N2O2. The number of hydrogen-bond acceptors (Lipinski definition) is 3. The van der Waals surface area contributed by atoms with Crippen molar-refractivity contribution in [3.8, 4) is 0 Å². The van der Waals surface area contributed by atoms with Crippen molar-refractivity contribution in [2.75, 3.05) is 26.2 Å². The van der Waals surface area contributed by atoms with Crippen molar-refractivity contribution >= 4 is 5.91 Å². The fraction of sp³-hybridized carbons (Fsp3) is 0.889. The van der Waals surface area contributed by atoms with E-state index in [9.17, 15) is 4.79 Å². The SMILES string of the molecule is CCN(CCO)C(=O)C1(CN)CC1. The molecular weight excluding hydrogens is 168 g/mol. The Morgan fingerprint density at radius 1 is 1.62 bits per heavy atom. The number of rotatable bonds is 5. The van der Waals surface area contributed by atoms with Gasteiger partial charge in [-0.2, -0.15) is 0 Å². The van der Waals surface area contributed by atoms with Crippen LogP contribution in [0.5, 0.6) is 0 Å². The predicted octanol–water partition coefficient (Wildman–Crippen LogP) is -0.434. The van der Waals surface area contributed by atoms with Gasteiger partial charge >= 0.3 is 0 Å². The standard InChI is InChI=1S/C9H18N2O2/c1-2-11(5-6-12)8(13)9(7-10)3-4-9/h12H,2-7,10H2,1H3. The van der Waals surface area contributed by atoms with E-state index in [1.54, 1.807) is 4.90 Å². The molecule has 1 aliphatic carbocycles. The third-order valence-corrected chi connectivity index (χ3v) is 2.74. The van der Waals surface area contributed by atoms with Gasteiger partial charge in [0.05, 0.1) is 12.0 Å². The minimum atomic E-state index is -0.273. The van der Waals surface area contributed by atoms with Crippen LogP contribution >= 0.6 is 0 Å². The molecule has 1 aliphatic rings. The lowest BCUT2D eigenvalue weighted by atomic mass is 10.1. The maximum atomic E-state index is 11.8. The highest BCUT2D eigenvalue weighted by molar-refractivity contribution is 5.85. The molecule has 0 atom stereocenters. The molecule has 0 aromatic rings. The molecule has 1 rings (SSSR count). The number of aliphatic hydroxyl groups is 1. The van der Waals surface area contributed by atoms with Gasteiger partial charge in [-0.15, -0.1) is 0 Å². The summed E-state index contributed by atoms with van der Waals surface area (Å²) in [5, 5.41) is 8.75. The Hall–Kier alpha value is -0.610. The van der Waals surface area contributed by atoms with Gasteiger partial charge in [0, 0.05) is 19.6 Å². The van der Waals surface area contributed by atoms with E-state index in [4.69, 9.17) is 10.8 Å². The maximum Gasteiger partial charge on any atom is 0.230 e. The number of hydrogen-bond donors (Lipinski definition) is 2. The summed E-state index contributed by atoms with van der Waals surface area (Å²) in [7, 11) is 0. The van der Waals surface area contributed by atoms with E-state index in [0.717, 1.165) is 12.8 Å². The van der Waals surface area contributed by atoms with Crippen LogP contribution in [0.3, 0.4) is 0 Å². The lowest BCUT2D eigenvalue weighted by molar-refractivity contribution is -0.136. The van der Waals surface area contributed by atoms with Gasteiger partial charge in [-0.25, -0.2) is 0 Å². The first kappa shape index (κ1) is 10.5. The van der Waals surface area contributed by atoms with Crippen LogP contribution in [0.2, 0.25) is 0 Å². The van der Waals surface area contributed by atoms with E-state index in [2.05, 4.69) is 0 Å². The molecule has 1 fully saturated rings. The fourth-order valence-electron chi connectivity index (χ4n) is 1.52. The molecule has 0 spiro atoms.